The van der Waals surface area contributed by atoms with Gasteiger partial charge in [-0.1, -0.05) is 258 Å². The van der Waals surface area contributed by atoms with Gasteiger partial charge in [-0.15, -0.1) is 0 Å². The number of halogens is 8. The van der Waals surface area contributed by atoms with Crippen LogP contribution < -0.4 is 20.0 Å². The van der Waals surface area contributed by atoms with Gasteiger partial charge >= 0.3 is 0 Å². The number of nitrogens with one attached hydrogen (secondary N) is 2. The number of carbonyl (C=O) groups is 3. The Morgan fingerprint density at radius 2 is 0.908 bits per heavy atom. The highest BCUT2D eigenvalue weighted by Gasteiger charge is 2.48. The number of aromatic nitrogens is 10. The first-order valence-corrected chi connectivity index (χ1v) is 49.8. The lowest BCUT2D eigenvalue weighted by molar-refractivity contribution is 0.104. The van der Waals surface area contributed by atoms with Gasteiger partial charge in [0.1, 0.15) is 32.8 Å². The lowest BCUT2D eigenvalue weighted by Gasteiger charge is -2.44. The quantitative estimate of drug-likeness (QED) is 0.0210. The first-order chi connectivity index (χ1) is 56.7. The highest BCUT2D eigenvalue weighted by Crippen LogP contribution is 2.48. The summed E-state index contributed by atoms with van der Waals surface area (Å²) in [5.41, 5.74) is 12.7. The summed E-state index contributed by atoms with van der Waals surface area (Å²) in [6.07, 6.45) is 15.8. The van der Waals surface area contributed by atoms with E-state index in [1.165, 1.54) is 54.2 Å². The predicted molar refractivity (Wildman–Crippen MR) is 518 cm³/mol. The second-order valence-electron chi connectivity index (χ2n) is 30.3. The van der Waals surface area contributed by atoms with Crippen molar-refractivity contribution in [1.29, 1.82) is 0 Å². The third kappa shape index (κ3) is 23.7. The molecule has 10 heterocycles. The van der Waals surface area contributed by atoms with Crippen molar-refractivity contribution in [3.63, 3.8) is 0 Å². The number of nitrogens with zero attached hydrogens (tertiary/aromatic N) is 12. The number of carbonyl (C=O) groups excluding carboxylic acids is 3. The number of rotatable bonds is 25. The third-order valence-electron chi connectivity index (χ3n) is 20.6. The lowest BCUT2D eigenvalue weighted by atomic mass is 10.1. The molecular weight excluding hydrogens is 1860 g/mol. The van der Waals surface area contributed by atoms with Crippen molar-refractivity contribution in [2.45, 2.75) is 149 Å². The number of hydrogen-bond acceptors (Lipinski definition) is 19. The molecule has 0 spiro atoms. The van der Waals surface area contributed by atoms with Gasteiger partial charge in [0.25, 0.3) is 0 Å². The van der Waals surface area contributed by atoms with Crippen molar-refractivity contribution in [3.05, 3.63) is 274 Å². The molecule has 0 saturated carbocycles. The molecule has 628 valence electrons. The van der Waals surface area contributed by atoms with Crippen molar-refractivity contribution in [3.8, 4) is 0 Å². The number of fused-ring (bicyclic) bond motifs is 3. The van der Waals surface area contributed by atoms with Crippen molar-refractivity contribution in [1.82, 2.24) is 53.7 Å². The second kappa shape index (κ2) is 44.4. The number of benzene rings is 4. The molecule has 1 atom stereocenters. The number of aliphatic hydroxyl groups excluding tert-OH is 1. The summed E-state index contributed by atoms with van der Waals surface area (Å²) in [6, 6.07) is 43.0. The fraction of sp³-hybridized carbons (Fsp3) is 0.310. The van der Waals surface area contributed by atoms with Crippen LogP contribution in [-0.4, -0.2) is 116 Å². The van der Waals surface area contributed by atoms with E-state index in [4.69, 9.17) is 91.2 Å². The van der Waals surface area contributed by atoms with E-state index in [9.17, 15) is 19.5 Å². The van der Waals surface area contributed by atoms with Gasteiger partial charge in [-0.25, -0.2) is 34.9 Å². The predicted octanol–water partition coefficient (Wildman–Crippen LogP) is 26.3. The molecule has 0 aliphatic heterocycles. The summed E-state index contributed by atoms with van der Waals surface area (Å²) in [4.78, 5) is 75.6. The Hall–Kier alpha value is -7.01. The number of thiazole rings is 4. The topological polar surface area (TPSA) is 209 Å². The van der Waals surface area contributed by atoms with Gasteiger partial charge in [-0.3, -0.25) is 14.4 Å². The Balaban J connectivity index is 0.000000172. The summed E-state index contributed by atoms with van der Waals surface area (Å²) in [6.45, 7) is 31.5. The van der Waals surface area contributed by atoms with Gasteiger partial charge in [-0.05, 0) is 170 Å². The van der Waals surface area contributed by atoms with Crippen LogP contribution >= 0.6 is 149 Å². The van der Waals surface area contributed by atoms with Crippen LogP contribution in [0.15, 0.2) is 183 Å². The highest BCUT2D eigenvalue weighted by atomic mass is 127. The molecule has 0 bridgehead atoms. The van der Waals surface area contributed by atoms with Crippen LogP contribution in [0, 0.1) is 3.57 Å². The molecule has 1 unspecified atom stereocenters. The molecule has 4 aromatic carbocycles. The summed E-state index contributed by atoms with van der Waals surface area (Å²) in [7, 11) is 4.06. The normalized spacial score (nSPS) is 11.8. The molecule has 0 saturated heterocycles. The van der Waals surface area contributed by atoms with Crippen LogP contribution in [0.4, 0.5) is 15.4 Å². The first-order valence-electron chi connectivity index (χ1n) is 38.5. The SMILES string of the molecule is CC(C)[Si](C(C)C)(C(C)C)n1cc(C(O)c2cnc(N(C)Cc3ccc(Cl)cc3)s2)c2cccnc21.CC(C)[Si](C(C)C)(C(C)C)n1cc(I)c2cccnc21.CN(Cc1ccc(Cl)cc1)c1nc(Cl)c(C=O)s1.CN(Cc1ccc(Cl)cc1)c1ncc(C(=O)c2c[nH]c3ncccc23)s1.CNCc1ccc(Cl)cc1.O=Cc1sc(Cl)nc1Cl. The van der Waals surface area contributed by atoms with E-state index in [2.05, 4.69) is 179 Å². The van der Waals surface area contributed by atoms with Crippen LogP contribution in [0.5, 0.6) is 0 Å². The number of hydrogen-bond donors (Lipinski definition) is 3. The van der Waals surface area contributed by atoms with E-state index >= 15 is 0 Å². The van der Waals surface area contributed by atoms with Crippen molar-refractivity contribution in [2.24, 2.45) is 0 Å². The van der Waals surface area contributed by atoms with Crippen LogP contribution in [0.1, 0.15) is 156 Å². The Morgan fingerprint density at radius 3 is 1.34 bits per heavy atom. The second-order valence-corrected chi connectivity index (χ2v) is 50.0. The molecule has 0 fully saturated rings. The smallest absolute Gasteiger partial charge is 0.206 e. The standard InChI is InChI=1S/C28H37ClN4OSSi.C19H15ClN4OS.C16H25IN2Si.C12H10Cl2N2OS.C8H10ClN.C4HCl2NOS/c1-18(2)36(19(3)4,20(5)6)33-17-24(23-9-8-14-30-27(23)33)26(34)25-15-31-28(35-25)32(7)16-21-10-12-22(29)13-11-21;1-24(11-12-4-6-13(20)7-5-12)19-23-10-16(26-19)17(25)15-9-22-18-14(15)3-2-8-21-18;1-11(2)20(12(3)4,13(5)6)19-10-15(17)14-8-7-9-18-16(14)19;1-16(6-8-2-4-9(13)5-3-8)12-15-11(14)10(7-17)18-12;1-10-6-7-2-4-8(9)5-3-7;5-3-2(1-8)9-4(6)7-3/h8-15,17-20,26,34H,16H2,1-7H3;2-10H,11H2,1H3,(H,21,22);7-13H,1-6H3;2-5,7H,6H2,1H3;2-5,10H,6H2,1H3;1H. The van der Waals surface area contributed by atoms with E-state index in [1.54, 1.807) is 24.8 Å². The van der Waals surface area contributed by atoms with Crippen LogP contribution in [0.3, 0.4) is 0 Å². The van der Waals surface area contributed by atoms with Gasteiger partial charge in [-0.2, -0.15) is 0 Å². The van der Waals surface area contributed by atoms with E-state index in [0.29, 0.717) is 99.5 Å². The molecule has 0 radical (unpaired) electrons. The van der Waals surface area contributed by atoms with E-state index in [1.807, 2.05) is 172 Å². The minimum Gasteiger partial charge on any atom is -0.383 e. The van der Waals surface area contributed by atoms with Gasteiger partial charge in [0, 0.05) is 136 Å². The Morgan fingerprint density at radius 1 is 0.504 bits per heavy atom. The molecule has 0 aliphatic carbocycles. The average molecular weight is 1960 g/mol. The minimum absolute atomic E-state index is 0.0482. The molecule has 18 nitrogen and oxygen atoms in total. The summed E-state index contributed by atoms with van der Waals surface area (Å²) >= 11 is 47.9. The molecule has 32 heteroatoms. The van der Waals surface area contributed by atoms with Gasteiger partial charge < -0.3 is 38.6 Å². The van der Waals surface area contributed by atoms with Crippen molar-refractivity contribution >= 4 is 232 Å². The Bertz CT molecular complexity index is 5580. The zero-order valence-electron chi connectivity index (χ0n) is 69.0. The monoisotopic (exact) mass is 1960 g/mol. The molecule has 119 heavy (non-hydrogen) atoms. The Labute approximate surface area is 764 Å². The number of pyridine rings is 3. The third-order valence-corrected chi connectivity index (χ3v) is 41.2. The lowest BCUT2D eigenvalue weighted by Crippen LogP contribution is -2.51. The molecule has 14 rings (SSSR count). The van der Waals surface area contributed by atoms with Gasteiger partial charge in [0.05, 0.1) is 21.5 Å². The van der Waals surface area contributed by atoms with E-state index in [-0.39, 0.29) is 16.1 Å². The zero-order chi connectivity index (χ0) is 86.7. The van der Waals surface area contributed by atoms with Crippen molar-refractivity contribution in [2.75, 3.05) is 42.9 Å². The maximum Gasteiger partial charge on any atom is 0.206 e. The maximum atomic E-state index is 12.8. The molecule has 10 aromatic heterocycles. The van der Waals surface area contributed by atoms with E-state index < -0.39 is 22.6 Å². The number of H-pyrrole nitrogens is 1. The maximum absolute atomic E-state index is 12.8. The molecular formula is C87H98Cl7IN14O4S4Si2. The molecule has 14 aromatic rings. The fourth-order valence-electron chi connectivity index (χ4n) is 15.6. The number of anilines is 3. The van der Waals surface area contributed by atoms with E-state index in [0.717, 1.165) is 93.2 Å². The fourth-order valence-corrected chi connectivity index (χ4v) is 34.1. The van der Waals surface area contributed by atoms with Crippen LogP contribution in [0.2, 0.25) is 68.1 Å². The van der Waals surface area contributed by atoms with Crippen LogP contribution in [0.25, 0.3) is 33.1 Å². The Kier molecular flexibility index (Phi) is 35.7. The average Bonchev–Trinajstić information content (AvgIpc) is 1.62. The van der Waals surface area contributed by atoms with Crippen molar-refractivity contribution < 1.29 is 19.5 Å². The number of aromatic amines is 1. The molecule has 3 N–H and O–H groups in total. The molecule has 0 aliphatic rings. The zero-order valence-corrected chi connectivity index (χ0v) is 81.8. The first kappa shape index (κ1) is 95.8. The number of aliphatic hydroxyl groups is 1. The van der Waals surface area contributed by atoms with Gasteiger partial charge in [0.15, 0.2) is 59.2 Å². The molecule has 0 amide bonds. The summed E-state index contributed by atoms with van der Waals surface area (Å²) in [5.74, 6) is -0.0482. The summed E-state index contributed by atoms with van der Waals surface area (Å²) in [5, 5.41) is 23.6. The number of aldehydes is 2. The minimum atomic E-state index is -2.04. The highest BCUT2D eigenvalue weighted by molar-refractivity contribution is 14.1. The van der Waals surface area contributed by atoms with Crippen LogP contribution in [-0.2, 0) is 26.2 Å². The number of ketones is 1. The largest absolute Gasteiger partial charge is 0.383 e. The van der Waals surface area contributed by atoms with Gasteiger partial charge in [0.2, 0.25) is 5.78 Å². The summed E-state index contributed by atoms with van der Waals surface area (Å²) < 4.78 is 6.69.